The first kappa shape index (κ1) is 18.0. The van der Waals surface area contributed by atoms with Gasteiger partial charge in [0.2, 0.25) is 5.91 Å². The van der Waals surface area contributed by atoms with Gasteiger partial charge in [-0.2, -0.15) is 0 Å². The summed E-state index contributed by atoms with van der Waals surface area (Å²) in [5, 5.41) is 6.11. The fourth-order valence-corrected chi connectivity index (χ4v) is 3.88. The Morgan fingerprint density at radius 1 is 1.16 bits per heavy atom. The van der Waals surface area contributed by atoms with Crippen LogP contribution < -0.4 is 5.32 Å². The number of carbonyl (C=O) groups is 1. The largest absolute Gasteiger partial charge is 0.302 e. The van der Waals surface area contributed by atoms with E-state index in [1.54, 1.807) is 11.8 Å². The highest BCUT2D eigenvalue weighted by Gasteiger charge is 2.08. The predicted molar refractivity (Wildman–Crippen MR) is 108 cm³/mol. The monoisotopic (exact) mass is 388 g/mol. The fraction of sp³-hybridized carbons (Fsp3) is 0.158. The van der Waals surface area contributed by atoms with Crippen LogP contribution in [-0.2, 0) is 4.79 Å². The molecular weight excluding hydrogens is 372 g/mol. The molecule has 0 bridgehead atoms. The van der Waals surface area contributed by atoms with Crippen LogP contribution in [0.15, 0.2) is 58.8 Å². The molecule has 0 radical (unpaired) electrons. The van der Waals surface area contributed by atoms with Crippen molar-refractivity contribution in [2.24, 2.45) is 0 Å². The molecule has 0 saturated heterocycles. The molecule has 2 aromatic carbocycles. The molecule has 3 nitrogen and oxygen atoms in total. The number of aryl methyl sites for hydroxylation is 1. The van der Waals surface area contributed by atoms with Gasteiger partial charge in [-0.3, -0.25) is 4.79 Å². The maximum Gasteiger partial charge on any atom is 0.226 e. The molecule has 0 spiro atoms. The van der Waals surface area contributed by atoms with E-state index in [0.29, 0.717) is 16.6 Å². The van der Waals surface area contributed by atoms with E-state index in [1.807, 2.05) is 29.6 Å². The summed E-state index contributed by atoms with van der Waals surface area (Å²) >= 11 is 9.00. The van der Waals surface area contributed by atoms with Crippen molar-refractivity contribution in [1.29, 1.82) is 0 Å². The van der Waals surface area contributed by atoms with Crippen molar-refractivity contribution in [2.45, 2.75) is 18.2 Å². The summed E-state index contributed by atoms with van der Waals surface area (Å²) in [6, 6.07) is 15.8. The van der Waals surface area contributed by atoms with Gasteiger partial charge in [-0.15, -0.1) is 23.1 Å². The lowest BCUT2D eigenvalue weighted by Gasteiger charge is -2.03. The van der Waals surface area contributed by atoms with Crippen molar-refractivity contribution in [3.63, 3.8) is 0 Å². The van der Waals surface area contributed by atoms with Gasteiger partial charge in [-0.05, 0) is 31.2 Å². The van der Waals surface area contributed by atoms with Gasteiger partial charge in [-0.1, -0.05) is 41.4 Å². The number of halogens is 1. The van der Waals surface area contributed by atoms with Gasteiger partial charge in [0.1, 0.15) is 0 Å². The number of thiazole rings is 1. The summed E-state index contributed by atoms with van der Waals surface area (Å²) in [6.07, 6.45) is 0.453. The van der Waals surface area contributed by atoms with E-state index in [9.17, 15) is 4.79 Å². The molecule has 1 aromatic heterocycles. The number of benzene rings is 2. The summed E-state index contributed by atoms with van der Waals surface area (Å²) in [5.41, 5.74) is 3.06. The molecular formula is C19H17ClN2OS2. The Hall–Kier alpha value is -1.82. The molecule has 3 aromatic rings. The van der Waals surface area contributed by atoms with Gasteiger partial charge in [-0.25, -0.2) is 4.98 Å². The Morgan fingerprint density at radius 3 is 2.60 bits per heavy atom. The number of hydrogen-bond acceptors (Lipinski definition) is 4. The minimum Gasteiger partial charge on any atom is -0.302 e. The molecule has 0 aliphatic rings. The van der Waals surface area contributed by atoms with Gasteiger partial charge in [0.15, 0.2) is 5.13 Å². The maximum atomic E-state index is 12.1. The number of rotatable bonds is 6. The molecule has 1 heterocycles. The van der Waals surface area contributed by atoms with E-state index in [-0.39, 0.29) is 5.91 Å². The smallest absolute Gasteiger partial charge is 0.226 e. The molecule has 0 fully saturated rings. The van der Waals surface area contributed by atoms with Gasteiger partial charge in [0.05, 0.1) is 5.69 Å². The Kier molecular flexibility index (Phi) is 6.13. The van der Waals surface area contributed by atoms with Gasteiger partial charge in [0.25, 0.3) is 0 Å². The standard InChI is InChI=1S/C19H17ClN2OS2/c1-13-2-8-16(9-3-13)24-11-10-18(23)22-19-21-17(12-25-19)14-4-6-15(20)7-5-14/h2-9,12H,10-11H2,1H3,(H,21,22,23). The number of anilines is 1. The van der Waals surface area contributed by atoms with Crippen molar-refractivity contribution < 1.29 is 4.79 Å². The number of hydrogen-bond donors (Lipinski definition) is 1. The highest BCUT2D eigenvalue weighted by molar-refractivity contribution is 7.99. The Balaban J connectivity index is 1.49. The van der Waals surface area contributed by atoms with Crippen LogP contribution in [0.5, 0.6) is 0 Å². The number of nitrogens with one attached hydrogen (secondary N) is 1. The number of aromatic nitrogens is 1. The number of carbonyl (C=O) groups excluding carboxylic acids is 1. The van der Waals surface area contributed by atoms with E-state index in [4.69, 9.17) is 11.6 Å². The topological polar surface area (TPSA) is 42.0 Å². The number of amides is 1. The Bertz CT molecular complexity index is 845. The molecule has 0 saturated carbocycles. The van der Waals surface area contributed by atoms with Crippen LogP contribution in [0.4, 0.5) is 5.13 Å². The summed E-state index contributed by atoms with van der Waals surface area (Å²) in [6.45, 7) is 2.06. The third kappa shape index (κ3) is 5.33. The second-order valence-electron chi connectivity index (χ2n) is 5.50. The SMILES string of the molecule is Cc1ccc(SCCC(=O)Nc2nc(-c3ccc(Cl)cc3)cs2)cc1. The lowest BCUT2D eigenvalue weighted by molar-refractivity contribution is -0.115. The molecule has 3 rings (SSSR count). The molecule has 1 N–H and O–H groups in total. The van der Waals surface area contributed by atoms with E-state index >= 15 is 0 Å². The second kappa shape index (κ2) is 8.52. The molecule has 0 aliphatic carbocycles. The first-order chi connectivity index (χ1) is 12.1. The highest BCUT2D eigenvalue weighted by Crippen LogP contribution is 2.26. The minimum atomic E-state index is -0.0170. The van der Waals surface area contributed by atoms with Crippen LogP contribution in [0.2, 0.25) is 5.02 Å². The van der Waals surface area contributed by atoms with Crippen LogP contribution in [0.1, 0.15) is 12.0 Å². The average molecular weight is 389 g/mol. The maximum absolute atomic E-state index is 12.1. The molecule has 1 amide bonds. The van der Waals surface area contributed by atoms with Crippen molar-refractivity contribution in [1.82, 2.24) is 4.98 Å². The zero-order valence-electron chi connectivity index (χ0n) is 13.7. The quantitative estimate of drug-likeness (QED) is 0.535. The zero-order valence-corrected chi connectivity index (χ0v) is 16.0. The van der Waals surface area contributed by atoms with Crippen molar-refractivity contribution in [3.05, 3.63) is 64.5 Å². The van der Waals surface area contributed by atoms with Crippen molar-refractivity contribution >= 4 is 45.7 Å². The summed E-state index contributed by atoms with van der Waals surface area (Å²) in [7, 11) is 0. The summed E-state index contributed by atoms with van der Waals surface area (Å²) in [5.74, 6) is 0.723. The molecule has 128 valence electrons. The Labute approximate surface area is 160 Å². The summed E-state index contributed by atoms with van der Waals surface area (Å²) < 4.78 is 0. The normalized spacial score (nSPS) is 10.6. The lowest BCUT2D eigenvalue weighted by Crippen LogP contribution is -2.11. The molecule has 0 unspecified atom stereocenters. The first-order valence-electron chi connectivity index (χ1n) is 7.81. The van der Waals surface area contributed by atoms with Crippen LogP contribution in [0, 0.1) is 6.92 Å². The molecule has 6 heteroatoms. The van der Waals surface area contributed by atoms with E-state index in [1.165, 1.54) is 21.8 Å². The van der Waals surface area contributed by atoms with Crippen LogP contribution in [0.25, 0.3) is 11.3 Å². The number of thioether (sulfide) groups is 1. The average Bonchev–Trinajstić information content (AvgIpc) is 3.06. The third-order valence-electron chi connectivity index (χ3n) is 3.51. The van der Waals surface area contributed by atoms with Crippen LogP contribution in [-0.4, -0.2) is 16.6 Å². The third-order valence-corrected chi connectivity index (χ3v) is 5.53. The fourth-order valence-electron chi connectivity index (χ4n) is 2.16. The van der Waals surface area contributed by atoms with Gasteiger partial charge >= 0.3 is 0 Å². The van der Waals surface area contributed by atoms with Crippen molar-refractivity contribution in [2.75, 3.05) is 11.1 Å². The van der Waals surface area contributed by atoms with Gasteiger partial charge < -0.3 is 5.32 Å². The van der Waals surface area contributed by atoms with E-state index in [0.717, 1.165) is 17.0 Å². The lowest BCUT2D eigenvalue weighted by atomic mass is 10.2. The van der Waals surface area contributed by atoms with E-state index < -0.39 is 0 Å². The zero-order chi connectivity index (χ0) is 17.6. The van der Waals surface area contributed by atoms with Crippen LogP contribution in [0.3, 0.4) is 0 Å². The molecule has 0 aliphatic heterocycles. The highest BCUT2D eigenvalue weighted by atomic mass is 35.5. The predicted octanol–water partition coefficient (Wildman–Crippen LogP) is 5.89. The van der Waals surface area contributed by atoms with Crippen LogP contribution >= 0.6 is 34.7 Å². The second-order valence-corrected chi connectivity index (χ2v) is 7.97. The number of nitrogens with zero attached hydrogens (tertiary/aromatic N) is 1. The summed E-state index contributed by atoms with van der Waals surface area (Å²) in [4.78, 5) is 17.7. The molecule has 25 heavy (non-hydrogen) atoms. The van der Waals surface area contributed by atoms with Crippen molar-refractivity contribution in [3.8, 4) is 11.3 Å². The minimum absolute atomic E-state index is 0.0170. The first-order valence-corrected chi connectivity index (χ1v) is 10.1. The van der Waals surface area contributed by atoms with Gasteiger partial charge in [0, 0.05) is 33.0 Å². The van der Waals surface area contributed by atoms with E-state index in [2.05, 4.69) is 41.5 Å². The molecule has 0 atom stereocenters. The Morgan fingerprint density at radius 2 is 1.88 bits per heavy atom.